The van der Waals surface area contributed by atoms with Crippen molar-refractivity contribution in [3.05, 3.63) is 39.7 Å². The van der Waals surface area contributed by atoms with E-state index in [1.807, 2.05) is 0 Å². The first kappa shape index (κ1) is 15.3. The fraction of sp³-hybridized carbons (Fsp3) is 0.231. The minimum absolute atomic E-state index is 0.113. The highest BCUT2D eigenvalue weighted by atomic mass is 16.6. The fourth-order valence-electron chi connectivity index (χ4n) is 1.94. The van der Waals surface area contributed by atoms with Gasteiger partial charge < -0.3 is 15.2 Å². The quantitative estimate of drug-likeness (QED) is 0.509. The molecule has 0 unspecified atom stereocenters. The van der Waals surface area contributed by atoms with Crippen LogP contribution < -0.4 is 15.2 Å². The van der Waals surface area contributed by atoms with Crippen molar-refractivity contribution in [2.45, 2.75) is 6.92 Å². The highest BCUT2D eigenvalue weighted by Crippen LogP contribution is 2.35. The summed E-state index contributed by atoms with van der Waals surface area (Å²) in [6.45, 7) is 1.76. The lowest BCUT2D eigenvalue weighted by atomic mass is 10.1. The zero-order valence-electron chi connectivity index (χ0n) is 12.3. The van der Waals surface area contributed by atoms with Crippen molar-refractivity contribution in [1.29, 1.82) is 0 Å². The summed E-state index contributed by atoms with van der Waals surface area (Å²) in [5.74, 6) is 0.590. The number of methoxy groups -OCH3 is 2. The molecule has 2 aromatic rings. The van der Waals surface area contributed by atoms with Crippen LogP contribution in [0.5, 0.6) is 11.5 Å². The highest BCUT2D eigenvalue weighted by molar-refractivity contribution is 5.91. The monoisotopic (exact) mass is 305 g/mol. The highest BCUT2D eigenvalue weighted by Gasteiger charge is 2.23. The number of hydrogen-bond donors (Lipinski definition) is 1. The van der Waals surface area contributed by atoms with Gasteiger partial charge in [-0.3, -0.25) is 10.1 Å². The third-order valence-electron chi connectivity index (χ3n) is 2.91. The SMILES string of the molecule is COc1ccc(OC)c([N+](=O)[O-])c1C=Nn1cc(C)nc1N. The van der Waals surface area contributed by atoms with Gasteiger partial charge in [-0.1, -0.05) is 0 Å². The van der Waals surface area contributed by atoms with Crippen LogP contribution >= 0.6 is 0 Å². The van der Waals surface area contributed by atoms with E-state index in [1.54, 1.807) is 19.2 Å². The first-order valence-corrected chi connectivity index (χ1v) is 6.23. The molecule has 0 bridgehead atoms. The van der Waals surface area contributed by atoms with Crippen molar-refractivity contribution in [2.75, 3.05) is 20.0 Å². The number of rotatable bonds is 5. The lowest BCUT2D eigenvalue weighted by molar-refractivity contribution is -0.385. The van der Waals surface area contributed by atoms with E-state index in [0.717, 1.165) is 0 Å². The van der Waals surface area contributed by atoms with Gasteiger partial charge in [-0.05, 0) is 19.1 Å². The van der Waals surface area contributed by atoms with Crippen molar-refractivity contribution in [3.63, 3.8) is 0 Å². The largest absolute Gasteiger partial charge is 0.496 e. The Bertz CT molecular complexity index is 738. The number of imidazole rings is 1. The molecule has 2 rings (SSSR count). The maximum atomic E-state index is 11.3. The van der Waals surface area contributed by atoms with Gasteiger partial charge in [0.25, 0.3) is 0 Å². The molecular weight excluding hydrogens is 290 g/mol. The van der Waals surface area contributed by atoms with Crippen molar-refractivity contribution in [2.24, 2.45) is 5.10 Å². The molecule has 0 amide bonds. The van der Waals surface area contributed by atoms with E-state index in [0.29, 0.717) is 11.4 Å². The van der Waals surface area contributed by atoms with Gasteiger partial charge in [0, 0.05) is 0 Å². The van der Waals surface area contributed by atoms with E-state index >= 15 is 0 Å². The average molecular weight is 305 g/mol. The Morgan fingerprint density at radius 3 is 2.50 bits per heavy atom. The molecule has 22 heavy (non-hydrogen) atoms. The molecule has 9 nitrogen and oxygen atoms in total. The van der Waals surface area contributed by atoms with Crippen LogP contribution in [-0.4, -0.2) is 35.0 Å². The zero-order chi connectivity index (χ0) is 16.3. The van der Waals surface area contributed by atoms with E-state index in [-0.39, 0.29) is 22.9 Å². The number of nitro benzene ring substituents is 1. The Hall–Kier alpha value is -3.10. The van der Waals surface area contributed by atoms with Crippen LogP contribution in [0.4, 0.5) is 11.6 Å². The number of nitro groups is 1. The van der Waals surface area contributed by atoms with Crippen LogP contribution in [0.25, 0.3) is 0 Å². The molecular formula is C13H15N5O4. The summed E-state index contributed by atoms with van der Waals surface area (Å²) in [5.41, 5.74) is 6.30. The van der Waals surface area contributed by atoms with Crippen LogP contribution in [0.1, 0.15) is 11.3 Å². The number of nitrogen functional groups attached to an aromatic ring is 1. The molecule has 0 saturated heterocycles. The van der Waals surface area contributed by atoms with Crippen LogP contribution in [0, 0.1) is 17.0 Å². The summed E-state index contributed by atoms with van der Waals surface area (Å²) >= 11 is 0. The van der Waals surface area contributed by atoms with Gasteiger partial charge in [-0.2, -0.15) is 5.10 Å². The number of aryl methyl sites for hydroxylation is 1. The Balaban J connectivity index is 2.57. The van der Waals surface area contributed by atoms with Crippen LogP contribution in [0.15, 0.2) is 23.4 Å². The van der Waals surface area contributed by atoms with Crippen LogP contribution in [-0.2, 0) is 0 Å². The summed E-state index contributed by atoms with van der Waals surface area (Å²) in [6.07, 6.45) is 2.89. The van der Waals surface area contributed by atoms with Crippen molar-refractivity contribution in [3.8, 4) is 11.5 Å². The number of anilines is 1. The molecule has 1 aromatic carbocycles. The Kier molecular flexibility index (Phi) is 4.25. The molecule has 0 atom stereocenters. The standard InChI is InChI=1S/C13H15N5O4/c1-8-7-17(13(14)16-8)15-6-9-10(21-2)4-5-11(22-3)12(9)18(19)20/h4-7H,1-3H3,(H2,14,16). The summed E-state index contributed by atoms with van der Waals surface area (Å²) in [5, 5.41) is 15.4. The van der Waals surface area contributed by atoms with E-state index in [9.17, 15) is 10.1 Å². The second-order valence-corrected chi connectivity index (χ2v) is 4.32. The maximum absolute atomic E-state index is 11.3. The zero-order valence-corrected chi connectivity index (χ0v) is 12.3. The minimum atomic E-state index is -0.550. The summed E-state index contributed by atoms with van der Waals surface area (Å²) < 4.78 is 11.5. The smallest absolute Gasteiger partial charge is 0.323 e. The number of hydrogen-bond acceptors (Lipinski definition) is 7. The molecule has 2 N–H and O–H groups in total. The number of nitrogens with two attached hydrogens (primary N) is 1. The molecule has 0 fully saturated rings. The van der Waals surface area contributed by atoms with Gasteiger partial charge >= 0.3 is 5.69 Å². The van der Waals surface area contributed by atoms with Crippen LogP contribution in [0.2, 0.25) is 0 Å². The first-order chi connectivity index (χ1) is 10.5. The topological polar surface area (TPSA) is 118 Å². The Morgan fingerprint density at radius 1 is 1.36 bits per heavy atom. The molecule has 1 aromatic heterocycles. The third-order valence-corrected chi connectivity index (χ3v) is 2.91. The molecule has 0 aliphatic rings. The number of nitrogens with zero attached hydrogens (tertiary/aromatic N) is 4. The lowest BCUT2D eigenvalue weighted by Gasteiger charge is -2.08. The second kappa shape index (κ2) is 6.12. The summed E-state index contributed by atoms with van der Waals surface area (Å²) in [7, 11) is 2.77. The molecule has 1 heterocycles. The minimum Gasteiger partial charge on any atom is -0.496 e. The second-order valence-electron chi connectivity index (χ2n) is 4.32. The summed E-state index contributed by atoms with van der Waals surface area (Å²) in [6, 6.07) is 3.03. The predicted octanol–water partition coefficient (Wildman–Crippen LogP) is 1.58. The average Bonchev–Trinajstić information content (AvgIpc) is 2.81. The molecule has 0 radical (unpaired) electrons. The Morgan fingerprint density at radius 2 is 2.00 bits per heavy atom. The molecule has 0 spiro atoms. The molecule has 0 aliphatic heterocycles. The van der Waals surface area contributed by atoms with E-state index in [2.05, 4.69) is 10.1 Å². The third kappa shape index (κ3) is 2.82. The van der Waals surface area contributed by atoms with E-state index < -0.39 is 4.92 Å². The Labute approximate surface area is 126 Å². The molecule has 9 heteroatoms. The van der Waals surface area contributed by atoms with Gasteiger partial charge in [0.2, 0.25) is 5.95 Å². The number of aromatic nitrogens is 2. The first-order valence-electron chi connectivity index (χ1n) is 6.23. The molecule has 0 aliphatic carbocycles. The van der Waals surface area contributed by atoms with Gasteiger partial charge in [0.05, 0.1) is 37.2 Å². The fourth-order valence-corrected chi connectivity index (χ4v) is 1.94. The predicted molar refractivity (Wildman–Crippen MR) is 80.6 cm³/mol. The van der Waals surface area contributed by atoms with Gasteiger partial charge in [0.1, 0.15) is 11.3 Å². The normalized spacial score (nSPS) is 10.9. The van der Waals surface area contributed by atoms with Gasteiger partial charge in [0.15, 0.2) is 5.75 Å². The van der Waals surface area contributed by atoms with Gasteiger partial charge in [-0.25, -0.2) is 9.66 Å². The van der Waals surface area contributed by atoms with Crippen molar-refractivity contribution in [1.82, 2.24) is 9.66 Å². The van der Waals surface area contributed by atoms with E-state index in [4.69, 9.17) is 15.2 Å². The summed E-state index contributed by atoms with van der Waals surface area (Å²) in [4.78, 5) is 14.8. The van der Waals surface area contributed by atoms with Gasteiger partial charge in [-0.15, -0.1) is 0 Å². The number of benzene rings is 1. The molecule has 0 saturated carbocycles. The lowest BCUT2D eigenvalue weighted by Crippen LogP contribution is -2.03. The number of ether oxygens (including phenoxy) is 2. The van der Waals surface area contributed by atoms with Crippen LogP contribution in [0.3, 0.4) is 0 Å². The molecule has 116 valence electrons. The maximum Gasteiger partial charge on any atom is 0.323 e. The van der Waals surface area contributed by atoms with E-state index in [1.165, 1.54) is 31.2 Å². The van der Waals surface area contributed by atoms with Crippen molar-refractivity contribution >= 4 is 17.9 Å². The van der Waals surface area contributed by atoms with Crippen molar-refractivity contribution < 1.29 is 14.4 Å².